The number of nitrogens with zero attached hydrogens (tertiary/aromatic N) is 2. The summed E-state index contributed by atoms with van der Waals surface area (Å²) in [6, 6.07) is 13.5. The van der Waals surface area contributed by atoms with Gasteiger partial charge in [0.05, 0.1) is 5.39 Å². The normalized spacial score (nSPS) is 18.4. The summed E-state index contributed by atoms with van der Waals surface area (Å²) >= 11 is 0. The zero-order valence-electron chi connectivity index (χ0n) is 21.5. The Hall–Kier alpha value is -4.08. The average molecular weight is 508 g/mol. The molecule has 1 saturated heterocycles. The lowest BCUT2D eigenvalue weighted by Gasteiger charge is -2.28. The monoisotopic (exact) mass is 507 g/mol. The van der Waals surface area contributed by atoms with Crippen molar-refractivity contribution in [2.24, 2.45) is 0 Å². The van der Waals surface area contributed by atoms with E-state index in [1.54, 1.807) is 39.8 Å². The van der Waals surface area contributed by atoms with E-state index in [0.717, 1.165) is 11.1 Å². The molecule has 10 heteroatoms. The van der Waals surface area contributed by atoms with E-state index in [0.29, 0.717) is 29.8 Å². The summed E-state index contributed by atoms with van der Waals surface area (Å²) in [5.41, 5.74) is 7.41. The number of hydrogen-bond acceptors (Lipinski definition) is 7. The van der Waals surface area contributed by atoms with Crippen LogP contribution in [0.1, 0.15) is 51.2 Å². The van der Waals surface area contributed by atoms with E-state index in [4.69, 9.17) is 15.0 Å². The van der Waals surface area contributed by atoms with Gasteiger partial charge < -0.3 is 25.6 Å². The number of aromatic nitrogens is 1. The lowest BCUT2D eigenvalue weighted by atomic mass is 9.96. The van der Waals surface area contributed by atoms with Crippen molar-refractivity contribution in [1.29, 1.82) is 0 Å². The number of anilines is 1. The van der Waals surface area contributed by atoms with Crippen molar-refractivity contribution in [2.75, 3.05) is 12.3 Å². The number of benzene rings is 2. The van der Waals surface area contributed by atoms with Crippen LogP contribution in [0, 0.1) is 0 Å². The first-order valence-corrected chi connectivity index (χ1v) is 12.3. The summed E-state index contributed by atoms with van der Waals surface area (Å²) < 4.78 is 10.7. The average Bonchev–Trinajstić information content (AvgIpc) is 3.46. The Bertz CT molecular complexity index is 1280. The second kappa shape index (κ2) is 10.5. The SMILES string of the molecule is C[C@H](NC(=O)[C@H]1C[C@H](c2ccccc2)CN1C(=O)OC(C)(C)C)C(=O)NCc1ccc2c(N)noc2c1. The van der Waals surface area contributed by atoms with Gasteiger partial charge in [-0.3, -0.25) is 14.5 Å². The maximum absolute atomic E-state index is 13.3. The molecule has 2 heterocycles. The maximum atomic E-state index is 13.3. The molecule has 0 spiro atoms. The second-order valence-corrected chi connectivity index (χ2v) is 10.3. The van der Waals surface area contributed by atoms with Crippen molar-refractivity contribution >= 4 is 34.7 Å². The number of amides is 3. The molecule has 37 heavy (non-hydrogen) atoms. The molecule has 0 bridgehead atoms. The third-order valence-electron chi connectivity index (χ3n) is 6.29. The lowest BCUT2D eigenvalue weighted by molar-refractivity contribution is -0.131. The molecule has 1 fully saturated rings. The highest BCUT2D eigenvalue weighted by Crippen LogP contribution is 2.33. The van der Waals surface area contributed by atoms with Gasteiger partial charge in [0.2, 0.25) is 11.8 Å². The fraction of sp³-hybridized carbons (Fsp3) is 0.407. The number of ether oxygens (including phenoxy) is 1. The van der Waals surface area contributed by atoms with Crippen LogP contribution in [0.3, 0.4) is 0 Å². The highest BCUT2D eigenvalue weighted by molar-refractivity contribution is 5.92. The summed E-state index contributed by atoms with van der Waals surface area (Å²) in [4.78, 5) is 40.4. The number of rotatable bonds is 6. The summed E-state index contributed by atoms with van der Waals surface area (Å²) in [5, 5.41) is 10.0. The van der Waals surface area contributed by atoms with Crippen LogP contribution in [-0.2, 0) is 20.9 Å². The van der Waals surface area contributed by atoms with Crippen molar-refractivity contribution in [1.82, 2.24) is 20.7 Å². The third kappa shape index (κ3) is 6.19. The Morgan fingerprint density at radius 3 is 2.62 bits per heavy atom. The molecule has 196 valence electrons. The van der Waals surface area contributed by atoms with Gasteiger partial charge in [-0.15, -0.1) is 0 Å². The molecule has 3 amide bonds. The molecular formula is C27H33N5O5. The van der Waals surface area contributed by atoms with Gasteiger partial charge in [0.25, 0.3) is 0 Å². The molecule has 2 aromatic carbocycles. The number of carbonyl (C=O) groups is 3. The van der Waals surface area contributed by atoms with Crippen LogP contribution in [0.2, 0.25) is 0 Å². The fourth-order valence-electron chi connectivity index (χ4n) is 4.40. The second-order valence-electron chi connectivity index (χ2n) is 10.3. The minimum Gasteiger partial charge on any atom is -0.444 e. The van der Waals surface area contributed by atoms with E-state index in [-0.39, 0.29) is 18.4 Å². The molecule has 0 saturated carbocycles. The highest BCUT2D eigenvalue weighted by atomic mass is 16.6. The van der Waals surface area contributed by atoms with Crippen LogP contribution in [0.5, 0.6) is 0 Å². The van der Waals surface area contributed by atoms with E-state index in [2.05, 4.69) is 15.8 Å². The van der Waals surface area contributed by atoms with Crippen LogP contribution in [0.4, 0.5) is 10.6 Å². The van der Waals surface area contributed by atoms with Crippen LogP contribution in [0.15, 0.2) is 53.1 Å². The largest absolute Gasteiger partial charge is 0.444 e. The Kier molecular flexibility index (Phi) is 7.37. The van der Waals surface area contributed by atoms with Gasteiger partial charge >= 0.3 is 6.09 Å². The standard InChI is InChI=1S/C27H33N5O5/c1-16(24(33)29-14-17-10-11-20-22(12-17)37-31-23(20)28)30-25(34)21-13-19(18-8-6-5-7-9-18)15-32(21)26(35)36-27(2,3)4/h5-12,16,19,21H,13-15H2,1-4H3,(H2,28,31)(H,29,33)(H,30,34)/t16-,19-,21+/m0/s1. The predicted molar refractivity (Wildman–Crippen MR) is 138 cm³/mol. The lowest BCUT2D eigenvalue weighted by Crippen LogP contribution is -2.52. The molecule has 4 rings (SSSR count). The zero-order valence-corrected chi connectivity index (χ0v) is 21.5. The molecule has 10 nitrogen and oxygen atoms in total. The van der Waals surface area contributed by atoms with Crippen molar-refractivity contribution in [3.8, 4) is 0 Å². The van der Waals surface area contributed by atoms with Gasteiger partial charge in [-0.25, -0.2) is 4.79 Å². The van der Waals surface area contributed by atoms with Crippen molar-refractivity contribution in [3.63, 3.8) is 0 Å². The molecule has 1 aliphatic heterocycles. The molecule has 3 aromatic rings. The third-order valence-corrected chi connectivity index (χ3v) is 6.29. The first-order valence-electron chi connectivity index (χ1n) is 12.3. The smallest absolute Gasteiger partial charge is 0.410 e. The van der Waals surface area contributed by atoms with Gasteiger partial charge in [0, 0.05) is 19.0 Å². The zero-order chi connectivity index (χ0) is 26.7. The molecule has 0 aliphatic carbocycles. The number of hydrogen-bond donors (Lipinski definition) is 3. The molecule has 1 aliphatic rings. The highest BCUT2D eigenvalue weighted by Gasteiger charge is 2.42. The Labute approximate surface area is 215 Å². The van der Waals surface area contributed by atoms with E-state index >= 15 is 0 Å². The topological polar surface area (TPSA) is 140 Å². The van der Waals surface area contributed by atoms with Gasteiger partial charge in [0.15, 0.2) is 11.4 Å². The number of nitrogens with two attached hydrogens (primary N) is 1. The summed E-state index contributed by atoms with van der Waals surface area (Å²) in [6.07, 6.45) is -0.115. The van der Waals surface area contributed by atoms with E-state index in [1.807, 2.05) is 36.4 Å². The summed E-state index contributed by atoms with van der Waals surface area (Å²) in [6.45, 7) is 7.55. The summed E-state index contributed by atoms with van der Waals surface area (Å²) in [5.74, 6) is -0.463. The Morgan fingerprint density at radius 2 is 1.92 bits per heavy atom. The molecular weight excluding hydrogens is 474 g/mol. The van der Waals surface area contributed by atoms with Crippen molar-refractivity contribution < 1.29 is 23.6 Å². The molecule has 3 atom stereocenters. The fourth-order valence-corrected chi connectivity index (χ4v) is 4.40. The van der Waals surface area contributed by atoms with E-state index in [9.17, 15) is 14.4 Å². The molecule has 4 N–H and O–H groups in total. The molecule has 1 aromatic heterocycles. The van der Waals surface area contributed by atoms with Gasteiger partial charge in [-0.1, -0.05) is 41.6 Å². The molecule has 0 unspecified atom stereocenters. The van der Waals surface area contributed by atoms with Crippen LogP contribution < -0.4 is 16.4 Å². The van der Waals surface area contributed by atoms with E-state index < -0.39 is 29.7 Å². The van der Waals surface area contributed by atoms with Crippen molar-refractivity contribution in [3.05, 3.63) is 59.7 Å². The Morgan fingerprint density at radius 1 is 1.19 bits per heavy atom. The first-order chi connectivity index (χ1) is 17.5. The number of carbonyl (C=O) groups excluding carboxylic acids is 3. The van der Waals surface area contributed by atoms with E-state index in [1.165, 1.54) is 4.90 Å². The number of nitrogen functional groups attached to an aromatic ring is 1. The Balaban J connectivity index is 1.39. The predicted octanol–water partition coefficient (Wildman–Crippen LogP) is 3.32. The first kappa shape index (κ1) is 26.0. The van der Waals surface area contributed by atoms with Crippen LogP contribution >= 0.6 is 0 Å². The summed E-state index contributed by atoms with van der Waals surface area (Å²) in [7, 11) is 0. The molecule has 0 radical (unpaired) electrons. The number of fused-ring (bicyclic) bond motifs is 1. The van der Waals surface area contributed by atoms with Crippen LogP contribution in [0.25, 0.3) is 11.0 Å². The number of nitrogens with one attached hydrogen (secondary N) is 2. The minimum atomic E-state index is -0.812. The van der Waals surface area contributed by atoms with Crippen molar-refractivity contribution in [2.45, 2.75) is 64.3 Å². The minimum absolute atomic E-state index is 0.0198. The van der Waals surface area contributed by atoms with Gasteiger partial charge in [-0.05, 0) is 57.4 Å². The number of likely N-dealkylation sites (tertiary alicyclic amines) is 1. The van der Waals surface area contributed by atoms with Crippen LogP contribution in [-0.4, -0.2) is 52.2 Å². The quantitative estimate of drug-likeness (QED) is 0.465. The maximum Gasteiger partial charge on any atom is 0.410 e. The van der Waals surface area contributed by atoms with Gasteiger partial charge in [0.1, 0.15) is 17.7 Å². The van der Waals surface area contributed by atoms with Gasteiger partial charge in [-0.2, -0.15) is 0 Å².